The Morgan fingerprint density at radius 3 is 0.906 bits per heavy atom. The van der Waals surface area contributed by atoms with E-state index in [2.05, 4.69) is 16.0 Å². The Balaban J connectivity index is 0.000000152. The van der Waals surface area contributed by atoms with Gasteiger partial charge in [0.15, 0.2) is 51.0 Å². The number of carbonyl (C=O) groups is 3. The molecule has 6 heterocycles. The minimum Gasteiger partial charge on any atom is -0.545 e. The number of likely N-dealkylation sites (N-methyl/N-ethyl adjacent to an activating group) is 3. The third kappa shape index (κ3) is 12.2. The number of halogens is 3. The van der Waals surface area contributed by atoms with Crippen molar-refractivity contribution in [2.24, 2.45) is 0 Å². The number of anilines is 3. The molecule has 0 bridgehead atoms. The van der Waals surface area contributed by atoms with Gasteiger partial charge < -0.3 is 88.3 Å². The normalized spacial score (nSPS) is 19.6. The van der Waals surface area contributed by atoms with Crippen molar-refractivity contribution in [2.75, 3.05) is 96.4 Å². The van der Waals surface area contributed by atoms with Crippen LogP contribution in [0.5, 0.6) is 17.2 Å². The Hall–Kier alpha value is -7.19. The summed E-state index contributed by atoms with van der Waals surface area (Å²) in [5.74, 6) is -5.60. The van der Waals surface area contributed by atoms with Crippen molar-refractivity contribution in [3.63, 3.8) is 0 Å². The van der Waals surface area contributed by atoms with Gasteiger partial charge in [-0.2, -0.15) is 0 Å². The molecule has 0 spiro atoms. The second-order valence-corrected chi connectivity index (χ2v) is 22.5. The maximum absolute atomic E-state index is 15.2. The number of ether oxygens (including phenoxy) is 3. The number of fused-ring (bicyclic) bond motifs is 3. The van der Waals surface area contributed by atoms with Crippen LogP contribution in [0.2, 0.25) is 0 Å². The average Bonchev–Trinajstić information content (AvgIpc) is 1.89. The summed E-state index contributed by atoms with van der Waals surface area (Å²) in [6.45, 7) is 3.92. The van der Waals surface area contributed by atoms with Crippen molar-refractivity contribution >= 4 is 87.5 Å². The predicted molar refractivity (Wildman–Crippen MR) is 311 cm³/mol. The molecule has 3 unspecified atom stereocenters. The molecule has 12 rings (SSSR count). The van der Waals surface area contributed by atoms with Crippen molar-refractivity contribution in [1.82, 2.24) is 29.7 Å². The zero-order valence-corrected chi connectivity index (χ0v) is 50.9. The third-order valence-corrected chi connectivity index (χ3v) is 17.1. The van der Waals surface area contributed by atoms with Crippen molar-refractivity contribution in [1.29, 1.82) is 0 Å². The van der Waals surface area contributed by atoms with E-state index in [1.165, 1.54) is 39.9 Å². The van der Waals surface area contributed by atoms with Gasteiger partial charge in [0.2, 0.25) is 0 Å². The summed E-state index contributed by atoms with van der Waals surface area (Å²) in [5, 5.41) is 44.0. The smallest absolute Gasteiger partial charge is 0.545 e. The maximum atomic E-state index is 15.2. The van der Waals surface area contributed by atoms with E-state index in [1.807, 2.05) is 35.8 Å². The van der Waals surface area contributed by atoms with Crippen LogP contribution in [0.25, 0.3) is 32.7 Å². The molecule has 25 heteroatoms. The Kier molecular flexibility index (Phi) is 18.9. The van der Waals surface area contributed by atoms with Crippen LogP contribution in [-0.4, -0.2) is 151 Å². The molecule has 0 amide bonds. The van der Waals surface area contributed by atoms with Gasteiger partial charge in [-0.1, -0.05) is 0 Å². The van der Waals surface area contributed by atoms with Crippen LogP contribution < -0.4 is 76.5 Å². The van der Waals surface area contributed by atoms with E-state index in [0.29, 0.717) is 72.9 Å². The summed E-state index contributed by atoms with van der Waals surface area (Å²) in [4.78, 5) is 78.1. The molecule has 85 heavy (non-hydrogen) atoms. The van der Waals surface area contributed by atoms with Crippen LogP contribution in [0.15, 0.2) is 51.2 Å². The first kappa shape index (κ1) is 62.3. The number of aromatic carboxylic acids is 3. The molecule has 3 atom stereocenters. The molecule has 3 aliphatic carbocycles. The van der Waals surface area contributed by atoms with Crippen LogP contribution >= 0.6 is 0 Å². The van der Waals surface area contributed by atoms with Gasteiger partial charge in [-0.3, -0.25) is 14.4 Å². The fraction of sp³-hybridized carbons (Fsp3) is 0.500. The Morgan fingerprint density at radius 2 is 0.706 bits per heavy atom. The fourth-order valence-electron chi connectivity index (χ4n) is 12.4. The van der Waals surface area contributed by atoms with E-state index < -0.39 is 68.3 Å². The summed E-state index contributed by atoms with van der Waals surface area (Å²) in [7, 11) is 10.00. The van der Waals surface area contributed by atoms with E-state index in [4.69, 9.17) is 14.2 Å². The van der Waals surface area contributed by atoms with Crippen molar-refractivity contribution in [3.8, 4) is 17.2 Å². The number of carboxylic acid groups (broad SMARTS) is 3. The molecule has 6 aromatic rings. The van der Waals surface area contributed by atoms with Crippen molar-refractivity contribution < 1.29 is 57.1 Å². The summed E-state index contributed by atoms with van der Waals surface area (Å²) in [5.41, 5.74) is -1.30. The zero-order chi connectivity index (χ0) is 60.0. The number of hydrogen-bond donors (Lipinski definition) is 3. The third-order valence-electron chi connectivity index (χ3n) is 17.1. The molecule has 3 saturated carbocycles. The van der Waals surface area contributed by atoms with E-state index in [-0.39, 0.29) is 89.4 Å². The molecule has 21 nitrogen and oxygen atoms in total. The SMILES string of the molecule is CNC1CCCN(c2c(F)cc3c(=O)c(C(=O)[O-])cn(C4CC4)c3c2OC)C1.CNC1CCCN(c2c(F)cc3c(=O)c(C(=O)[O-])cn(C4CC4)c3c2OC)C1.CNC1CCCN(c2c(F)cc3c(=O)c(C(=O)[O-])cn(C4CC4)c3c2OC)C1.[Ga+3]. The van der Waals surface area contributed by atoms with Crippen molar-refractivity contribution in [3.05, 3.63) is 102 Å². The maximum Gasteiger partial charge on any atom is 3.00 e. The molecule has 3 N–H and O–H groups in total. The quantitative estimate of drug-likeness (QED) is 0.125. The monoisotopic (exact) mass is 1230 g/mol. The molecule has 450 valence electrons. The molecular formula is C60H69F3GaN9O12. The molecule has 6 aliphatic rings. The minimum atomic E-state index is -1.56. The topological polar surface area (TPSA) is 260 Å². The number of pyridine rings is 3. The predicted octanol–water partition coefficient (Wildman–Crippen LogP) is 2.73. The number of aromatic nitrogens is 3. The van der Waals surface area contributed by atoms with Gasteiger partial charge in [0.25, 0.3) is 0 Å². The van der Waals surface area contributed by atoms with Crippen LogP contribution in [0.4, 0.5) is 30.2 Å². The van der Waals surface area contributed by atoms with E-state index in [1.54, 1.807) is 13.7 Å². The standard InChI is InChI=1S/3C20H24FN3O4.Ga/c3*1-22-11-4-3-7-23(9-11)17-15(21)8-13-16(19(17)28-2)24(12-5-6-12)10-14(18(13)25)20(26)27;/h3*8,10-12,22H,3-7,9H2,1-2H3,(H,26,27);/q;;;+3/p-3. The van der Waals surface area contributed by atoms with Crippen LogP contribution in [0.3, 0.4) is 0 Å². The van der Waals surface area contributed by atoms with E-state index in [0.717, 1.165) is 95.2 Å². The number of rotatable bonds is 15. The fourth-order valence-corrected chi connectivity index (χ4v) is 12.4. The summed E-state index contributed by atoms with van der Waals surface area (Å²) < 4.78 is 67.6. The number of carbonyl (C=O) groups excluding carboxylic acids is 3. The first-order valence-corrected chi connectivity index (χ1v) is 28.6. The van der Waals surface area contributed by atoms with Gasteiger partial charge in [-0.25, -0.2) is 13.2 Å². The molecular weight excluding hydrogens is 1170 g/mol. The molecule has 3 aromatic carbocycles. The number of carboxylic acids is 3. The van der Waals surface area contributed by atoms with Gasteiger partial charge >= 0.3 is 19.8 Å². The second kappa shape index (κ2) is 25.8. The van der Waals surface area contributed by atoms with Crippen LogP contribution in [0.1, 0.15) is 126 Å². The van der Waals surface area contributed by atoms with E-state index in [9.17, 15) is 44.1 Å². The van der Waals surface area contributed by atoms with Gasteiger partial charge in [0.1, 0.15) is 17.1 Å². The van der Waals surface area contributed by atoms with Gasteiger partial charge in [-0.15, -0.1) is 0 Å². The Morgan fingerprint density at radius 1 is 0.459 bits per heavy atom. The largest absolute Gasteiger partial charge is 3.00 e. The first-order chi connectivity index (χ1) is 40.4. The number of piperidine rings is 3. The molecule has 0 radical (unpaired) electrons. The Bertz CT molecular complexity index is 3390. The minimum absolute atomic E-state index is 0. The van der Waals surface area contributed by atoms with Gasteiger partial charge in [-0.05, 0) is 116 Å². The number of methoxy groups -OCH3 is 3. The van der Waals surface area contributed by atoms with Crippen molar-refractivity contribution in [2.45, 2.75) is 113 Å². The summed E-state index contributed by atoms with van der Waals surface area (Å²) in [6, 6.07) is 4.34. The molecule has 3 saturated heterocycles. The zero-order valence-electron chi connectivity index (χ0n) is 48.4. The molecule has 3 aliphatic heterocycles. The first-order valence-electron chi connectivity index (χ1n) is 28.6. The van der Waals surface area contributed by atoms with Gasteiger partial charge in [0, 0.05) is 94.1 Å². The van der Waals surface area contributed by atoms with Crippen LogP contribution in [-0.2, 0) is 0 Å². The summed E-state index contributed by atoms with van der Waals surface area (Å²) >= 11 is 0. The van der Waals surface area contributed by atoms with E-state index >= 15 is 13.2 Å². The molecule has 6 fully saturated rings. The number of nitrogens with zero attached hydrogens (tertiary/aromatic N) is 6. The van der Waals surface area contributed by atoms with Crippen LogP contribution in [0, 0.1) is 17.5 Å². The number of hydrogen-bond acceptors (Lipinski definition) is 18. The second-order valence-electron chi connectivity index (χ2n) is 22.5. The molecule has 3 aromatic heterocycles. The van der Waals surface area contributed by atoms with Gasteiger partial charge in [0.05, 0.1) is 88.6 Å². The number of benzene rings is 3. The summed E-state index contributed by atoms with van der Waals surface area (Å²) in [6.07, 6.45) is 14.9. The Labute approximate surface area is 500 Å². The average molecular weight is 1230 g/mol. The number of nitrogens with one attached hydrogen (secondary N) is 3.